The second kappa shape index (κ2) is 5.96. The molecule has 2 heterocycles. The van der Waals surface area contributed by atoms with Crippen LogP contribution in [0.2, 0.25) is 0 Å². The Balaban J connectivity index is 1.79. The summed E-state index contributed by atoms with van der Waals surface area (Å²) < 4.78 is 5.53. The number of nitrogens with two attached hydrogens (primary N) is 1. The molecule has 4 heteroatoms. The lowest BCUT2D eigenvalue weighted by atomic mass is 9.96. The monoisotopic (exact) mass is 227 g/mol. The fraction of sp³-hybridized carbons (Fsp3) is 1.00. The van der Waals surface area contributed by atoms with E-state index in [4.69, 9.17) is 10.5 Å². The average Bonchev–Trinajstić information content (AvgIpc) is 2.47. The molecule has 2 aliphatic rings. The molecule has 0 aromatic heterocycles. The first-order valence-corrected chi connectivity index (χ1v) is 6.50. The fourth-order valence-corrected chi connectivity index (χ4v) is 2.62. The van der Waals surface area contributed by atoms with Crippen molar-refractivity contribution >= 4 is 0 Å². The highest BCUT2D eigenvalue weighted by molar-refractivity contribution is 4.80. The van der Waals surface area contributed by atoms with E-state index < -0.39 is 0 Å². The Hall–Kier alpha value is -0.160. The minimum atomic E-state index is 0.342. The van der Waals surface area contributed by atoms with E-state index in [0.717, 1.165) is 26.2 Å². The van der Waals surface area contributed by atoms with Gasteiger partial charge >= 0.3 is 0 Å². The van der Waals surface area contributed by atoms with E-state index in [1.54, 1.807) is 0 Å². The summed E-state index contributed by atoms with van der Waals surface area (Å²) >= 11 is 0. The maximum atomic E-state index is 6.15. The minimum Gasteiger partial charge on any atom is -0.381 e. The molecule has 0 amide bonds. The van der Waals surface area contributed by atoms with Crippen LogP contribution in [-0.4, -0.2) is 68.8 Å². The number of ether oxygens (including phenoxy) is 1. The van der Waals surface area contributed by atoms with E-state index in [1.165, 1.54) is 32.6 Å². The van der Waals surface area contributed by atoms with Crippen LogP contribution in [0.3, 0.4) is 0 Å². The SMILES string of the molecule is CN1CCCN(CC2COCCC2N)CC1. The predicted molar refractivity (Wildman–Crippen MR) is 65.5 cm³/mol. The van der Waals surface area contributed by atoms with E-state index in [2.05, 4.69) is 16.8 Å². The van der Waals surface area contributed by atoms with Crippen molar-refractivity contribution < 1.29 is 4.74 Å². The molecule has 0 radical (unpaired) electrons. The van der Waals surface area contributed by atoms with Crippen molar-refractivity contribution in [3.63, 3.8) is 0 Å². The first-order valence-electron chi connectivity index (χ1n) is 6.50. The van der Waals surface area contributed by atoms with E-state index in [-0.39, 0.29) is 0 Å². The zero-order valence-corrected chi connectivity index (χ0v) is 10.4. The molecule has 16 heavy (non-hydrogen) atoms. The number of likely N-dealkylation sites (N-methyl/N-ethyl adjacent to an activating group) is 1. The minimum absolute atomic E-state index is 0.342. The van der Waals surface area contributed by atoms with Crippen LogP contribution in [0.15, 0.2) is 0 Å². The molecule has 0 aliphatic carbocycles. The maximum Gasteiger partial charge on any atom is 0.0521 e. The summed E-state index contributed by atoms with van der Waals surface area (Å²) in [6.45, 7) is 7.63. The second-order valence-electron chi connectivity index (χ2n) is 5.24. The van der Waals surface area contributed by atoms with Gasteiger partial charge in [-0.05, 0) is 33.0 Å². The van der Waals surface area contributed by atoms with Crippen LogP contribution in [0, 0.1) is 5.92 Å². The zero-order chi connectivity index (χ0) is 11.4. The standard InChI is InChI=1S/C12H25N3O/c1-14-4-2-5-15(7-6-14)9-11-10-16-8-3-12(11)13/h11-12H,2-10,13H2,1H3. The van der Waals surface area contributed by atoms with Crippen molar-refractivity contribution in [2.24, 2.45) is 11.7 Å². The van der Waals surface area contributed by atoms with E-state index in [0.29, 0.717) is 12.0 Å². The van der Waals surface area contributed by atoms with Crippen LogP contribution in [0.25, 0.3) is 0 Å². The van der Waals surface area contributed by atoms with Crippen molar-refractivity contribution in [3.8, 4) is 0 Å². The lowest BCUT2D eigenvalue weighted by molar-refractivity contribution is 0.0267. The molecule has 0 aromatic carbocycles. The Bertz CT molecular complexity index is 212. The van der Waals surface area contributed by atoms with Gasteiger partial charge in [0.1, 0.15) is 0 Å². The summed E-state index contributed by atoms with van der Waals surface area (Å²) in [5.41, 5.74) is 6.15. The molecule has 0 bridgehead atoms. The molecular formula is C12H25N3O. The Morgan fingerprint density at radius 2 is 2.12 bits per heavy atom. The Morgan fingerprint density at radius 3 is 2.94 bits per heavy atom. The first kappa shape index (κ1) is 12.3. The van der Waals surface area contributed by atoms with Gasteiger partial charge in [-0.15, -0.1) is 0 Å². The van der Waals surface area contributed by atoms with Crippen molar-refractivity contribution in [3.05, 3.63) is 0 Å². The second-order valence-corrected chi connectivity index (χ2v) is 5.24. The topological polar surface area (TPSA) is 41.7 Å². The van der Waals surface area contributed by atoms with Gasteiger partial charge in [0.05, 0.1) is 6.61 Å². The molecule has 2 unspecified atom stereocenters. The van der Waals surface area contributed by atoms with E-state index >= 15 is 0 Å². The summed E-state index contributed by atoms with van der Waals surface area (Å²) in [5, 5.41) is 0. The van der Waals surface area contributed by atoms with Gasteiger partial charge in [-0.3, -0.25) is 0 Å². The Labute approximate surface area is 98.7 Å². The van der Waals surface area contributed by atoms with Gasteiger partial charge in [-0.25, -0.2) is 0 Å². The summed E-state index contributed by atoms with van der Waals surface area (Å²) in [7, 11) is 2.21. The van der Waals surface area contributed by atoms with Gasteiger partial charge in [-0.1, -0.05) is 0 Å². The highest BCUT2D eigenvalue weighted by Crippen LogP contribution is 2.15. The number of hydrogen-bond acceptors (Lipinski definition) is 4. The van der Waals surface area contributed by atoms with Crippen LogP contribution in [0.5, 0.6) is 0 Å². The van der Waals surface area contributed by atoms with Crippen molar-refractivity contribution in [1.29, 1.82) is 0 Å². The summed E-state index contributed by atoms with van der Waals surface area (Å²) in [4.78, 5) is 4.97. The highest BCUT2D eigenvalue weighted by atomic mass is 16.5. The van der Waals surface area contributed by atoms with Gasteiger partial charge < -0.3 is 20.3 Å². The van der Waals surface area contributed by atoms with Crippen molar-refractivity contribution in [2.75, 3.05) is 53.0 Å². The third-order valence-electron chi connectivity index (χ3n) is 3.84. The molecule has 2 aliphatic heterocycles. The third-order valence-corrected chi connectivity index (χ3v) is 3.84. The number of hydrogen-bond donors (Lipinski definition) is 1. The molecule has 0 aromatic rings. The lowest BCUT2D eigenvalue weighted by Crippen LogP contribution is -2.45. The predicted octanol–water partition coefficient (Wildman–Crippen LogP) is -0.0123. The van der Waals surface area contributed by atoms with Gasteiger partial charge in [0.2, 0.25) is 0 Å². The van der Waals surface area contributed by atoms with Gasteiger partial charge in [-0.2, -0.15) is 0 Å². The smallest absolute Gasteiger partial charge is 0.0521 e. The Kier molecular flexibility index (Phi) is 4.58. The first-order chi connectivity index (χ1) is 7.75. The van der Waals surface area contributed by atoms with Crippen LogP contribution < -0.4 is 5.73 Å². The van der Waals surface area contributed by atoms with Crippen LogP contribution in [0.4, 0.5) is 0 Å². The molecule has 2 atom stereocenters. The fourth-order valence-electron chi connectivity index (χ4n) is 2.62. The molecule has 0 spiro atoms. The van der Waals surface area contributed by atoms with Crippen LogP contribution >= 0.6 is 0 Å². The molecule has 4 nitrogen and oxygen atoms in total. The summed E-state index contributed by atoms with van der Waals surface area (Å²) in [5.74, 6) is 0.539. The molecule has 0 saturated carbocycles. The maximum absolute atomic E-state index is 6.15. The molecule has 2 fully saturated rings. The molecule has 2 rings (SSSR count). The van der Waals surface area contributed by atoms with Gasteiger partial charge in [0, 0.05) is 38.2 Å². The van der Waals surface area contributed by atoms with Crippen LogP contribution in [0.1, 0.15) is 12.8 Å². The largest absolute Gasteiger partial charge is 0.381 e. The van der Waals surface area contributed by atoms with Gasteiger partial charge in [0.15, 0.2) is 0 Å². The normalized spacial score (nSPS) is 34.9. The van der Waals surface area contributed by atoms with Crippen molar-refractivity contribution in [1.82, 2.24) is 9.80 Å². The number of nitrogens with zero attached hydrogens (tertiary/aromatic N) is 2. The quantitative estimate of drug-likeness (QED) is 0.720. The molecule has 2 N–H and O–H groups in total. The molecule has 2 saturated heterocycles. The van der Waals surface area contributed by atoms with E-state index in [1.807, 2.05) is 0 Å². The summed E-state index contributed by atoms with van der Waals surface area (Å²) in [6.07, 6.45) is 2.30. The third kappa shape index (κ3) is 3.42. The highest BCUT2D eigenvalue weighted by Gasteiger charge is 2.25. The average molecular weight is 227 g/mol. The Morgan fingerprint density at radius 1 is 1.25 bits per heavy atom. The molecular weight excluding hydrogens is 202 g/mol. The molecule has 94 valence electrons. The number of rotatable bonds is 2. The van der Waals surface area contributed by atoms with Gasteiger partial charge in [0.25, 0.3) is 0 Å². The zero-order valence-electron chi connectivity index (χ0n) is 10.4. The summed E-state index contributed by atoms with van der Waals surface area (Å²) in [6, 6.07) is 0.342. The van der Waals surface area contributed by atoms with E-state index in [9.17, 15) is 0 Å². The lowest BCUT2D eigenvalue weighted by Gasteiger charge is -2.33. The van der Waals surface area contributed by atoms with Crippen molar-refractivity contribution in [2.45, 2.75) is 18.9 Å². The van der Waals surface area contributed by atoms with Crippen LogP contribution in [-0.2, 0) is 4.74 Å².